The highest BCUT2D eigenvalue weighted by Crippen LogP contribution is 2.31. The second-order valence-corrected chi connectivity index (χ2v) is 12.0. The molecule has 2 heterocycles. The molecule has 33 heavy (non-hydrogen) atoms. The zero-order valence-corrected chi connectivity index (χ0v) is 20.9. The van der Waals surface area contributed by atoms with Crippen molar-refractivity contribution >= 4 is 27.7 Å². The van der Waals surface area contributed by atoms with E-state index >= 15 is 0 Å². The third-order valence-corrected chi connectivity index (χ3v) is 7.20. The first-order valence-electron chi connectivity index (χ1n) is 11.7. The lowest BCUT2D eigenvalue weighted by atomic mass is 9.92. The van der Waals surface area contributed by atoms with Gasteiger partial charge in [-0.15, -0.1) is 0 Å². The number of rotatable bonds is 6. The molecule has 0 saturated carbocycles. The molecule has 1 aromatic carbocycles. The second-order valence-electron chi connectivity index (χ2n) is 9.99. The molecule has 0 unspecified atom stereocenters. The highest BCUT2D eigenvalue weighted by atomic mass is 32.2. The largest absolute Gasteiger partial charge is 0.449 e. The van der Waals surface area contributed by atoms with Crippen molar-refractivity contribution in [3.05, 3.63) is 23.8 Å². The SMILES string of the molecule is CC(C)(C)OC(=O)N1CCC(CCCCOC(=O)N2CCc3cc(S(C)(=O)=O)ccc32)CC1. The Kier molecular flexibility index (Phi) is 7.92. The molecule has 184 valence electrons. The van der Waals surface area contributed by atoms with Crippen LogP contribution in [0.25, 0.3) is 0 Å². The number of carbonyl (C=O) groups excluding carboxylic acids is 2. The van der Waals surface area contributed by atoms with Crippen LogP contribution in [0.2, 0.25) is 0 Å². The second kappa shape index (κ2) is 10.3. The molecule has 3 rings (SSSR count). The maximum Gasteiger partial charge on any atom is 0.414 e. The summed E-state index contributed by atoms with van der Waals surface area (Å²) in [5.41, 5.74) is 1.11. The summed E-state index contributed by atoms with van der Waals surface area (Å²) in [4.78, 5) is 28.3. The summed E-state index contributed by atoms with van der Waals surface area (Å²) >= 11 is 0. The van der Waals surface area contributed by atoms with E-state index in [1.807, 2.05) is 20.8 Å². The number of hydrogen-bond donors (Lipinski definition) is 0. The van der Waals surface area contributed by atoms with Gasteiger partial charge in [0.2, 0.25) is 0 Å². The fraction of sp³-hybridized carbons (Fsp3) is 0.667. The molecule has 2 aliphatic heterocycles. The van der Waals surface area contributed by atoms with E-state index in [1.165, 1.54) is 12.3 Å². The summed E-state index contributed by atoms with van der Waals surface area (Å²) in [6, 6.07) is 4.86. The normalized spacial score (nSPS) is 17.1. The zero-order valence-electron chi connectivity index (χ0n) is 20.1. The summed E-state index contributed by atoms with van der Waals surface area (Å²) in [5, 5.41) is 0. The standard InChI is InChI=1S/C24H36N2O6S/c1-24(2,3)32-22(27)25-13-10-18(11-14-25)7-5-6-16-31-23(28)26-15-12-19-17-20(33(4,29)30)8-9-21(19)26/h8-9,17-18H,5-7,10-16H2,1-4H3. The summed E-state index contributed by atoms with van der Waals surface area (Å²) in [5.74, 6) is 0.578. The Morgan fingerprint density at radius 3 is 2.39 bits per heavy atom. The summed E-state index contributed by atoms with van der Waals surface area (Å²) in [6.07, 6.45) is 5.95. The van der Waals surface area contributed by atoms with Gasteiger partial charge in [0.25, 0.3) is 0 Å². The van der Waals surface area contributed by atoms with Gasteiger partial charge >= 0.3 is 12.2 Å². The minimum Gasteiger partial charge on any atom is -0.449 e. The van der Waals surface area contributed by atoms with Gasteiger partial charge in [-0.1, -0.05) is 6.42 Å². The molecule has 2 aliphatic rings. The van der Waals surface area contributed by atoms with Crippen molar-refractivity contribution < 1.29 is 27.5 Å². The Balaban J connectivity index is 1.34. The van der Waals surface area contributed by atoms with Crippen molar-refractivity contribution in [2.45, 2.75) is 69.8 Å². The van der Waals surface area contributed by atoms with Crippen molar-refractivity contribution in [3.8, 4) is 0 Å². The van der Waals surface area contributed by atoms with E-state index in [-0.39, 0.29) is 17.1 Å². The fourth-order valence-corrected chi connectivity index (χ4v) is 4.97. The number of amides is 2. The number of sulfone groups is 1. The van der Waals surface area contributed by atoms with Gasteiger partial charge in [-0.2, -0.15) is 0 Å². The van der Waals surface area contributed by atoms with E-state index in [0.717, 1.165) is 56.4 Å². The highest BCUT2D eigenvalue weighted by molar-refractivity contribution is 7.90. The number of fused-ring (bicyclic) bond motifs is 1. The van der Waals surface area contributed by atoms with Gasteiger partial charge in [0.05, 0.1) is 17.2 Å². The van der Waals surface area contributed by atoms with Crippen LogP contribution >= 0.6 is 0 Å². The van der Waals surface area contributed by atoms with Crippen LogP contribution in [-0.2, 0) is 25.7 Å². The summed E-state index contributed by atoms with van der Waals surface area (Å²) in [7, 11) is -3.27. The van der Waals surface area contributed by atoms with Gasteiger partial charge in [0.15, 0.2) is 9.84 Å². The van der Waals surface area contributed by atoms with Gasteiger partial charge in [-0.3, -0.25) is 4.90 Å². The number of anilines is 1. The minimum absolute atomic E-state index is 0.233. The van der Waals surface area contributed by atoms with Crippen LogP contribution in [0.4, 0.5) is 15.3 Å². The molecular formula is C24H36N2O6S. The minimum atomic E-state index is -3.27. The maximum absolute atomic E-state index is 12.5. The van der Waals surface area contributed by atoms with Crippen molar-refractivity contribution in [1.29, 1.82) is 0 Å². The van der Waals surface area contributed by atoms with Crippen molar-refractivity contribution in [2.75, 3.05) is 37.4 Å². The molecule has 0 radical (unpaired) electrons. The number of unbranched alkanes of at least 4 members (excludes halogenated alkanes) is 1. The molecule has 0 atom stereocenters. The van der Waals surface area contributed by atoms with Gasteiger partial charge in [-0.05, 0) is 82.6 Å². The monoisotopic (exact) mass is 480 g/mol. The topological polar surface area (TPSA) is 93.2 Å². The van der Waals surface area contributed by atoms with Crippen LogP contribution in [0, 0.1) is 5.92 Å². The molecule has 0 bridgehead atoms. The predicted molar refractivity (Wildman–Crippen MR) is 126 cm³/mol. The van der Waals surface area contributed by atoms with E-state index < -0.39 is 15.4 Å². The first kappa shape index (κ1) is 25.3. The average Bonchev–Trinajstić information content (AvgIpc) is 3.15. The molecule has 0 aromatic heterocycles. The molecular weight excluding hydrogens is 444 g/mol. The number of carbonyl (C=O) groups is 2. The number of benzene rings is 1. The number of ether oxygens (including phenoxy) is 2. The van der Waals surface area contributed by atoms with E-state index in [1.54, 1.807) is 21.9 Å². The number of piperidine rings is 1. The van der Waals surface area contributed by atoms with Crippen molar-refractivity contribution in [1.82, 2.24) is 4.90 Å². The predicted octanol–water partition coefficient (Wildman–Crippen LogP) is 4.41. The Hall–Kier alpha value is -2.29. The van der Waals surface area contributed by atoms with Crippen LogP contribution in [0.15, 0.2) is 23.1 Å². The average molecular weight is 481 g/mol. The molecule has 1 aromatic rings. The van der Waals surface area contributed by atoms with Crippen molar-refractivity contribution in [2.24, 2.45) is 5.92 Å². The summed E-state index contributed by atoms with van der Waals surface area (Å²) < 4.78 is 34.4. The first-order chi connectivity index (χ1) is 15.4. The fourth-order valence-electron chi connectivity index (χ4n) is 4.30. The molecule has 0 aliphatic carbocycles. The Morgan fingerprint density at radius 1 is 1.06 bits per heavy atom. The lowest BCUT2D eigenvalue weighted by molar-refractivity contribution is 0.0180. The van der Waals surface area contributed by atoms with E-state index in [2.05, 4.69) is 0 Å². The molecule has 0 N–H and O–H groups in total. The number of nitrogens with zero attached hydrogens (tertiary/aromatic N) is 2. The maximum atomic E-state index is 12.5. The quantitative estimate of drug-likeness (QED) is 0.560. The van der Waals surface area contributed by atoms with Gasteiger partial charge in [-0.25, -0.2) is 18.0 Å². The van der Waals surface area contributed by atoms with E-state index in [9.17, 15) is 18.0 Å². The first-order valence-corrected chi connectivity index (χ1v) is 13.6. The lowest BCUT2D eigenvalue weighted by Crippen LogP contribution is -2.41. The molecule has 0 spiro atoms. The third kappa shape index (κ3) is 7.09. The third-order valence-electron chi connectivity index (χ3n) is 6.09. The zero-order chi connectivity index (χ0) is 24.2. The molecule has 2 amide bonds. The molecule has 1 saturated heterocycles. The Bertz CT molecular complexity index is 962. The summed E-state index contributed by atoms with van der Waals surface area (Å²) in [6.45, 7) is 7.94. The molecule has 8 nitrogen and oxygen atoms in total. The Morgan fingerprint density at radius 2 is 1.76 bits per heavy atom. The van der Waals surface area contributed by atoms with Crippen LogP contribution in [-0.4, -0.2) is 63.6 Å². The van der Waals surface area contributed by atoms with Gasteiger partial charge in [0.1, 0.15) is 5.60 Å². The van der Waals surface area contributed by atoms with E-state index in [0.29, 0.717) is 25.5 Å². The molecule has 1 fully saturated rings. The lowest BCUT2D eigenvalue weighted by Gasteiger charge is -2.33. The van der Waals surface area contributed by atoms with Crippen LogP contribution in [0.1, 0.15) is 58.4 Å². The van der Waals surface area contributed by atoms with Crippen LogP contribution in [0.5, 0.6) is 0 Å². The smallest absolute Gasteiger partial charge is 0.414 e. The van der Waals surface area contributed by atoms with Crippen molar-refractivity contribution in [3.63, 3.8) is 0 Å². The highest BCUT2D eigenvalue weighted by Gasteiger charge is 2.28. The van der Waals surface area contributed by atoms with Crippen LogP contribution < -0.4 is 4.90 Å². The van der Waals surface area contributed by atoms with Crippen LogP contribution in [0.3, 0.4) is 0 Å². The number of likely N-dealkylation sites (tertiary alicyclic amines) is 1. The van der Waals surface area contributed by atoms with Gasteiger partial charge in [0, 0.05) is 25.9 Å². The Labute approximate surface area is 197 Å². The number of hydrogen-bond acceptors (Lipinski definition) is 6. The van der Waals surface area contributed by atoms with E-state index in [4.69, 9.17) is 9.47 Å². The van der Waals surface area contributed by atoms with Gasteiger partial charge < -0.3 is 14.4 Å². The molecule has 9 heteroatoms.